The third kappa shape index (κ3) is 1.68. The molecule has 1 aliphatic rings. The van der Waals surface area contributed by atoms with Crippen molar-refractivity contribution in [3.05, 3.63) is 85.2 Å². The van der Waals surface area contributed by atoms with Crippen molar-refractivity contribution in [1.29, 1.82) is 0 Å². The summed E-state index contributed by atoms with van der Waals surface area (Å²) in [6, 6.07) is 26.2. The van der Waals surface area contributed by atoms with Crippen molar-refractivity contribution in [2.45, 2.75) is 0 Å². The fourth-order valence-electron chi connectivity index (χ4n) is 4.84. The maximum atomic E-state index is 4.63. The summed E-state index contributed by atoms with van der Waals surface area (Å²) in [6.45, 7) is 0. The Morgan fingerprint density at radius 1 is 0.536 bits per heavy atom. The van der Waals surface area contributed by atoms with E-state index in [4.69, 9.17) is 0 Å². The minimum absolute atomic E-state index is 0.927. The van der Waals surface area contributed by atoms with Gasteiger partial charge in [-0.25, -0.2) is 0 Å². The summed E-state index contributed by atoms with van der Waals surface area (Å²) in [6.07, 6.45) is 3.79. The molecule has 0 saturated carbocycles. The monoisotopic (exact) mass is 354 g/mol. The zero-order chi connectivity index (χ0) is 18.2. The van der Waals surface area contributed by atoms with E-state index in [0.29, 0.717) is 0 Å². The molecule has 0 radical (unpaired) electrons. The molecular weight excluding hydrogens is 340 g/mol. The quantitative estimate of drug-likeness (QED) is 0.305. The normalized spacial score (nSPS) is 12.3. The highest BCUT2D eigenvalue weighted by Crippen LogP contribution is 2.49. The second-order valence-electron chi connectivity index (χ2n) is 7.48. The predicted octanol–water partition coefficient (Wildman–Crippen LogP) is 6.74. The highest BCUT2D eigenvalue weighted by molar-refractivity contribution is 6.34. The van der Waals surface area contributed by atoms with Gasteiger partial charge in [-0.1, -0.05) is 54.6 Å². The van der Waals surface area contributed by atoms with E-state index in [0.717, 1.165) is 16.6 Å². The summed E-state index contributed by atoms with van der Waals surface area (Å²) < 4.78 is 0. The maximum Gasteiger partial charge on any atom is 0.0892 e. The third-order valence-electron chi connectivity index (χ3n) is 6.06. The Hall–Kier alpha value is -3.78. The molecule has 0 bridgehead atoms. The fraction of sp³-hybridized carbons (Fsp3) is 0. The van der Waals surface area contributed by atoms with Crippen LogP contribution in [0.15, 0.2) is 85.2 Å². The van der Waals surface area contributed by atoms with Crippen LogP contribution in [0.1, 0.15) is 0 Å². The Balaban J connectivity index is 1.63. The smallest absolute Gasteiger partial charge is 0.0892 e. The lowest BCUT2D eigenvalue weighted by molar-refractivity contribution is 1.34. The molecule has 2 heteroatoms. The van der Waals surface area contributed by atoms with Crippen LogP contribution in [0, 0.1) is 0 Å². The molecule has 6 aromatic rings. The molecule has 0 unspecified atom stereocenters. The molecule has 0 saturated heterocycles. The van der Waals surface area contributed by atoms with Gasteiger partial charge in [0.05, 0.1) is 11.0 Å². The summed E-state index contributed by atoms with van der Waals surface area (Å²) in [4.78, 5) is 9.12. The first-order chi connectivity index (χ1) is 13.9. The molecule has 2 nitrogen and oxygen atoms in total. The van der Waals surface area contributed by atoms with Gasteiger partial charge < -0.3 is 0 Å². The SMILES string of the molecule is c1cc2c3c(c1)ccc1ccc4c(-c5cnc6cccnc6c5)ccc-2c4c13. The van der Waals surface area contributed by atoms with E-state index in [1.807, 2.05) is 24.5 Å². The van der Waals surface area contributed by atoms with Gasteiger partial charge in [0.2, 0.25) is 0 Å². The van der Waals surface area contributed by atoms with Crippen LogP contribution in [-0.2, 0) is 0 Å². The summed E-state index contributed by atoms with van der Waals surface area (Å²) in [7, 11) is 0. The van der Waals surface area contributed by atoms with Gasteiger partial charge in [-0.15, -0.1) is 0 Å². The van der Waals surface area contributed by atoms with Crippen LogP contribution in [0.2, 0.25) is 0 Å². The summed E-state index contributed by atoms with van der Waals surface area (Å²) >= 11 is 0. The first kappa shape index (κ1) is 14.3. The number of pyridine rings is 2. The number of rotatable bonds is 1. The molecule has 0 amide bonds. The van der Waals surface area contributed by atoms with Crippen molar-refractivity contribution in [3.8, 4) is 22.3 Å². The Morgan fingerprint density at radius 2 is 1.36 bits per heavy atom. The van der Waals surface area contributed by atoms with Crippen molar-refractivity contribution in [1.82, 2.24) is 9.97 Å². The van der Waals surface area contributed by atoms with Crippen molar-refractivity contribution < 1.29 is 0 Å². The van der Waals surface area contributed by atoms with Crippen molar-refractivity contribution >= 4 is 43.4 Å². The maximum absolute atomic E-state index is 4.63. The molecule has 0 spiro atoms. The lowest BCUT2D eigenvalue weighted by Gasteiger charge is -2.10. The van der Waals surface area contributed by atoms with E-state index < -0.39 is 0 Å². The number of nitrogens with zero attached hydrogens (tertiary/aromatic N) is 2. The first-order valence-electron chi connectivity index (χ1n) is 9.51. The van der Waals surface area contributed by atoms with Crippen LogP contribution in [0.4, 0.5) is 0 Å². The molecular formula is C26H14N2. The largest absolute Gasteiger partial charge is 0.255 e. The molecule has 28 heavy (non-hydrogen) atoms. The second-order valence-corrected chi connectivity index (χ2v) is 7.48. The Labute approximate surface area is 161 Å². The lowest BCUT2D eigenvalue weighted by atomic mass is 9.94. The van der Waals surface area contributed by atoms with Crippen LogP contribution < -0.4 is 0 Å². The molecule has 0 N–H and O–H groups in total. The molecule has 0 atom stereocenters. The average Bonchev–Trinajstić information content (AvgIpc) is 3.11. The van der Waals surface area contributed by atoms with Gasteiger partial charge in [0.25, 0.3) is 0 Å². The van der Waals surface area contributed by atoms with Crippen molar-refractivity contribution in [3.63, 3.8) is 0 Å². The fourth-order valence-corrected chi connectivity index (χ4v) is 4.84. The minimum atomic E-state index is 0.927. The van der Waals surface area contributed by atoms with E-state index in [1.54, 1.807) is 0 Å². The van der Waals surface area contributed by atoms with Gasteiger partial charge >= 0.3 is 0 Å². The summed E-state index contributed by atoms with van der Waals surface area (Å²) in [5, 5.41) is 8.03. The third-order valence-corrected chi connectivity index (χ3v) is 6.06. The van der Waals surface area contributed by atoms with Crippen LogP contribution in [0.5, 0.6) is 0 Å². The lowest BCUT2D eigenvalue weighted by Crippen LogP contribution is -1.87. The molecule has 2 aromatic heterocycles. The minimum Gasteiger partial charge on any atom is -0.255 e. The molecule has 2 heterocycles. The Kier molecular flexibility index (Phi) is 2.52. The van der Waals surface area contributed by atoms with Gasteiger partial charge in [0, 0.05) is 18.0 Å². The molecule has 4 aromatic carbocycles. The Morgan fingerprint density at radius 3 is 2.32 bits per heavy atom. The summed E-state index contributed by atoms with van der Waals surface area (Å²) in [5.41, 5.74) is 6.86. The van der Waals surface area contributed by atoms with Gasteiger partial charge in [-0.3, -0.25) is 9.97 Å². The Bertz CT molecular complexity index is 1610. The number of benzene rings is 4. The predicted molar refractivity (Wildman–Crippen MR) is 116 cm³/mol. The van der Waals surface area contributed by atoms with Gasteiger partial charge in [-0.2, -0.15) is 0 Å². The van der Waals surface area contributed by atoms with Crippen LogP contribution >= 0.6 is 0 Å². The van der Waals surface area contributed by atoms with E-state index >= 15 is 0 Å². The zero-order valence-electron chi connectivity index (χ0n) is 15.0. The van der Waals surface area contributed by atoms with Crippen molar-refractivity contribution in [2.24, 2.45) is 0 Å². The number of hydrogen-bond donors (Lipinski definition) is 0. The van der Waals surface area contributed by atoms with Gasteiger partial charge in [-0.05, 0) is 67.2 Å². The number of fused-ring (bicyclic) bond motifs is 2. The first-order valence-corrected chi connectivity index (χ1v) is 9.51. The zero-order valence-corrected chi connectivity index (χ0v) is 15.0. The second kappa shape index (κ2) is 4.93. The van der Waals surface area contributed by atoms with Gasteiger partial charge in [0.1, 0.15) is 0 Å². The highest BCUT2D eigenvalue weighted by Gasteiger charge is 2.21. The number of aromatic nitrogens is 2. The van der Waals surface area contributed by atoms with Crippen LogP contribution in [-0.4, -0.2) is 9.97 Å². The topological polar surface area (TPSA) is 25.8 Å². The summed E-state index contributed by atoms with van der Waals surface area (Å²) in [5.74, 6) is 0. The molecule has 0 fully saturated rings. The molecule has 1 aliphatic carbocycles. The molecule has 0 aliphatic heterocycles. The highest BCUT2D eigenvalue weighted by atomic mass is 14.7. The van der Waals surface area contributed by atoms with E-state index in [9.17, 15) is 0 Å². The number of hydrogen-bond acceptors (Lipinski definition) is 2. The van der Waals surface area contributed by atoms with E-state index in [-0.39, 0.29) is 0 Å². The van der Waals surface area contributed by atoms with E-state index in [1.165, 1.54) is 49.0 Å². The average molecular weight is 354 g/mol. The standard InChI is InChI=1S/C26H14N2/c1-3-15-6-7-16-8-9-20-18(17-13-23-22(28-14-17)5-2-12-27-23)10-11-21-19(4-1)24(15)25(16)26(20)21/h1-14H. The van der Waals surface area contributed by atoms with Crippen LogP contribution in [0.3, 0.4) is 0 Å². The van der Waals surface area contributed by atoms with Crippen molar-refractivity contribution in [2.75, 3.05) is 0 Å². The van der Waals surface area contributed by atoms with Crippen LogP contribution in [0.25, 0.3) is 65.6 Å². The van der Waals surface area contributed by atoms with Gasteiger partial charge in [0.15, 0.2) is 0 Å². The molecule has 7 rings (SSSR count). The molecule has 128 valence electrons. The van der Waals surface area contributed by atoms with E-state index in [2.05, 4.69) is 70.6 Å².